The van der Waals surface area contributed by atoms with E-state index in [1.54, 1.807) is 7.11 Å². The number of hydrogen-bond acceptors (Lipinski definition) is 4. The zero-order valence-electron chi connectivity index (χ0n) is 16.9. The highest BCUT2D eigenvalue weighted by molar-refractivity contribution is 7.21. The fourth-order valence-electron chi connectivity index (χ4n) is 4.20. The molecular weight excluding hydrogens is 384 g/mol. The number of thiophene rings is 1. The van der Waals surface area contributed by atoms with Crippen molar-refractivity contribution in [1.29, 1.82) is 0 Å². The Morgan fingerprint density at radius 3 is 2.38 bits per heavy atom. The van der Waals surface area contributed by atoms with E-state index in [1.807, 2.05) is 31.2 Å². The molecule has 0 bridgehead atoms. The maximum atomic E-state index is 11.8. The van der Waals surface area contributed by atoms with Gasteiger partial charge in [0, 0.05) is 10.1 Å². The Hall–Kier alpha value is -2.53. The number of fused-ring (bicyclic) bond motifs is 1. The number of rotatable bonds is 5. The normalized spacial score (nSPS) is 15.2. The lowest BCUT2D eigenvalue weighted by atomic mass is 9.92. The quantitative estimate of drug-likeness (QED) is 0.454. The zero-order valence-corrected chi connectivity index (χ0v) is 17.7. The van der Waals surface area contributed by atoms with E-state index in [4.69, 9.17) is 9.47 Å². The summed E-state index contributed by atoms with van der Waals surface area (Å²) in [6.07, 6.45) is 7.77. The number of aryl methyl sites for hydroxylation is 1. The van der Waals surface area contributed by atoms with Crippen molar-refractivity contribution in [2.24, 2.45) is 0 Å². The molecule has 3 aromatic rings. The van der Waals surface area contributed by atoms with Crippen LogP contribution in [0.5, 0.6) is 17.2 Å². The van der Waals surface area contributed by atoms with Crippen molar-refractivity contribution in [1.82, 2.24) is 0 Å². The van der Waals surface area contributed by atoms with E-state index in [9.17, 15) is 9.90 Å². The van der Waals surface area contributed by atoms with Crippen molar-refractivity contribution in [3.05, 3.63) is 52.4 Å². The highest BCUT2D eigenvalue weighted by atomic mass is 32.1. The van der Waals surface area contributed by atoms with E-state index in [0.29, 0.717) is 17.4 Å². The van der Waals surface area contributed by atoms with Gasteiger partial charge in [-0.05, 0) is 61.1 Å². The van der Waals surface area contributed by atoms with E-state index < -0.39 is 5.97 Å². The molecule has 29 heavy (non-hydrogen) atoms. The second-order valence-electron chi connectivity index (χ2n) is 7.74. The highest BCUT2D eigenvalue weighted by Crippen LogP contribution is 2.43. The Morgan fingerprint density at radius 2 is 1.76 bits per heavy atom. The van der Waals surface area contributed by atoms with Crippen LogP contribution in [0.25, 0.3) is 10.1 Å². The fourth-order valence-corrected chi connectivity index (χ4v) is 5.25. The minimum absolute atomic E-state index is 0.209. The number of methoxy groups -OCH3 is 1. The molecular formula is C24H26O4S. The molecule has 5 heteroatoms. The second-order valence-corrected chi connectivity index (χ2v) is 8.80. The third-order valence-corrected chi connectivity index (χ3v) is 6.90. The molecule has 1 saturated carbocycles. The van der Waals surface area contributed by atoms with Gasteiger partial charge in [0.2, 0.25) is 0 Å². The predicted molar refractivity (Wildman–Crippen MR) is 117 cm³/mol. The number of aromatic carboxylic acids is 1. The smallest absolute Gasteiger partial charge is 0.349 e. The van der Waals surface area contributed by atoms with Gasteiger partial charge in [-0.2, -0.15) is 0 Å². The third-order valence-electron chi connectivity index (χ3n) is 5.78. The van der Waals surface area contributed by atoms with Crippen molar-refractivity contribution in [2.45, 2.75) is 51.4 Å². The second kappa shape index (κ2) is 8.46. The van der Waals surface area contributed by atoms with Gasteiger partial charge in [0.15, 0.2) is 10.6 Å². The number of hydrogen-bond donors (Lipinski definition) is 1. The molecule has 1 aliphatic carbocycles. The van der Waals surface area contributed by atoms with Crippen LogP contribution in [0.2, 0.25) is 0 Å². The summed E-state index contributed by atoms with van der Waals surface area (Å²) in [7, 11) is 1.62. The highest BCUT2D eigenvalue weighted by Gasteiger charge is 2.22. The summed E-state index contributed by atoms with van der Waals surface area (Å²) in [6.45, 7) is 1.95. The average Bonchev–Trinajstić information content (AvgIpc) is 2.89. The molecule has 0 spiro atoms. The van der Waals surface area contributed by atoms with Gasteiger partial charge in [0.25, 0.3) is 0 Å². The Bertz CT molecular complexity index is 1010. The maximum absolute atomic E-state index is 11.8. The average molecular weight is 411 g/mol. The first-order chi connectivity index (χ1) is 14.1. The van der Waals surface area contributed by atoms with Crippen molar-refractivity contribution in [3.63, 3.8) is 0 Å². The van der Waals surface area contributed by atoms with Crippen molar-refractivity contribution in [2.75, 3.05) is 7.11 Å². The predicted octanol–water partition coefficient (Wildman–Crippen LogP) is 7.15. The lowest BCUT2D eigenvalue weighted by molar-refractivity contribution is 0.0700. The number of carbonyl (C=O) groups is 1. The SMILES string of the molecule is COc1cc2c(Oc3ccc(C4CCCCCC4)cc3)c(C(=O)O)sc2cc1C. The minimum atomic E-state index is -0.979. The monoisotopic (exact) mass is 410 g/mol. The fraction of sp³-hybridized carbons (Fsp3) is 0.375. The molecule has 0 saturated heterocycles. The van der Waals surface area contributed by atoms with Crippen LogP contribution < -0.4 is 9.47 Å². The molecule has 4 nitrogen and oxygen atoms in total. The lowest BCUT2D eigenvalue weighted by Gasteiger charge is -2.15. The van der Waals surface area contributed by atoms with E-state index in [-0.39, 0.29) is 4.88 Å². The molecule has 0 amide bonds. The molecule has 1 N–H and O–H groups in total. The molecule has 2 aromatic carbocycles. The minimum Gasteiger partial charge on any atom is -0.496 e. The first-order valence-electron chi connectivity index (χ1n) is 10.2. The van der Waals surface area contributed by atoms with Crippen molar-refractivity contribution >= 4 is 27.4 Å². The Labute approximate surface area is 175 Å². The van der Waals surface area contributed by atoms with E-state index in [0.717, 1.165) is 21.4 Å². The first-order valence-corrected chi connectivity index (χ1v) is 11.0. The molecule has 1 fully saturated rings. The van der Waals surface area contributed by atoms with Crippen molar-refractivity contribution in [3.8, 4) is 17.2 Å². The van der Waals surface area contributed by atoms with E-state index in [1.165, 1.54) is 55.4 Å². The number of benzene rings is 2. The van der Waals surface area contributed by atoms with Gasteiger partial charge in [0.05, 0.1) is 7.11 Å². The first kappa shape index (κ1) is 19.8. The largest absolute Gasteiger partial charge is 0.496 e. The molecule has 152 valence electrons. The standard InChI is InChI=1S/C24H26O4S/c1-15-13-21-19(14-20(15)27-2)22(23(29-21)24(25)26)28-18-11-9-17(10-12-18)16-7-5-3-4-6-8-16/h9-14,16H,3-8H2,1-2H3,(H,25,26). The summed E-state index contributed by atoms with van der Waals surface area (Å²) in [5.74, 6) is 1.41. The number of carboxylic acids is 1. The van der Waals surface area contributed by atoms with Crippen LogP contribution in [-0.4, -0.2) is 18.2 Å². The van der Waals surface area contributed by atoms with Gasteiger partial charge in [-0.1, -0.05) is 37.8 Å². The van der Waals surface area contributed by atoms with E-state index >= 15 is 0 Å². The molecule has 1 heterocycles. The van der Waals surface area contributed by atoms with Crippen LogP contribution in [0, 0.1) is 6.92 Å². The Kier molecular flexibility index (Phi) is 5.76. The van der Waals surface area contributed by atoms with Gasteiger partial charge in [-0.15, -0.1) is 11.3 Å². The number of carboxylic acid groups (broad SMARTS) is 1. The summed E-state index contributed by atoms with van der Waals surface area (Å²) in [5.41, 5.74) is 2.32. The topological polar surface area (TPSA) is 55.8 Å². The molecule has 0 unspecified atom stereocenters. The third kappa shape index (κ3) is 4.10. The molecule has 4 rings (SSSR count). The molecule has 0 radical (unpaired) electrons. The van der Waals surface area contributed by atoms with Gasteiger partial charge in [-0.3, -0.25) is 0 Å². The molecule has 1 aliphatic rings. The molecule has 0 aliphatic heterocycles. The summed E-state index contributed by atoms with van der Waals surface area (Å²) >= 11 is 1.23. The van der Waals surface area contributed by atoms with Gasteiger partial charge < -0.3 is 14.6 Å². The van der Waals surface area contributed by atoms with E-state index in [2.05, 4.69) is 12.1 Å². The Balaban J connectivity index is 1.66. The summed E-state index contributed by atoms with van der Waals surface area (Å²) < 4.78 is 12.4. The zero-order chi connectivity index (χ0) is 20.4. The number of ether oxygens (including phenoxy) is 2. The van der Waals surface area contributed by atoms with Gasteiger partial charge >= 0.3 is 5.97 Å². The summed E-state index contributed by atoms with van der Waals surface area (Å²) in [5, 5.41) is 10.4. The van der Waals surface area contributed by atoms with Gasteiger partial charge in [0.1, 0.15) is 11.5 Å². The van der Waals surface area contributed by atoms with Crippen LogP contribution in [0.15, 0.2) is 36.4 Å². The van der Waals surface area contributed by atoms with Crippen LogP contribution in [-0.2, 0) is 0 Å². The Morgan fingerprint density at radius 1 is 1.07 bits per heavy atom. The summed E-state index contributed by atoms with van der Waals surface area (Å²) in [6, 6.07) is 12.0. The van der Waals surface area contributed by atoms with Crippen LogP contribution in [0.3, 0.4) is 0 Å². The maximum Gasteiger partial charge on any atom is 0.349 e. The van der Waals surface area contributed by atoms with Crippen LogP contribution in [0.1, 0.15) is 65.2 Å². The molecule has 1 aromatic heterocycles. The van der Waals surface area contributed by atoms with Crippen molar-refractivity contribution < 1.29 is 19.4 Å². The van der Waals surface area contributed by atoms with Crippen LogP contribution >= 0.6 is 11.3 Å². The molecule has 0 atom stereocenters. The lowest BCUT2D eigenvalue weighted by Crippen LogP contribution is -1.98. The summed E-state index contributed by atoms with van der Waals surface area (Å²) in [4.78, 5) is 12.0. The van der Waals surface area contributed by atoms with Crippen LogP contribution in [0.4, 0.5) is 0 Å². The van der Waals surface area contributed by atoms with Gasteiger partial charge in [-0.25, -0.2) is 4.79 Å².